The molecule has 90 valence electrons. The summed E-state index contributed by atoms with van der Waals surface area (Å²) in [6.45, 7) is 2.39. The number of piperidine rings is 1. The summed E-state index contributed by atoms with van der Waals surface area (Å²) < 4.78 is 5.20. The number of carbonyl (C=O) groups excluding carboxylic acids is 2. The zero-order chi connectivity index (χ0) is 11.4. The number of hydrogen-bond acceptors (Lipinski definition) is 4. The molecule has 6 heteroatoms. The summed E-state index contributed by atoms with van der Waals surface area (Å²) in [6.07, 6.45) is 1.62. The lowest BCUT2D eigenvalue weighted by molar-refractivity contribution is -0.132. The highest BCUT2D eigenvalue weighted by Gasteiger charge is 2.28. The summed E-state index contributed by atoms with van der Waals surface area (Å²) >= 11 is 0. The van der Waals surface area contributed by atoms with Gasteiger partial charge in [-0.1, -0.05) is 0 Å². The number of nitrogens with one attached hydrogen (secondary N) is 3. The average molecular weight is 227 g/mol. The van der Waals surface area contributed by atoms with Gasteiger partial charge in [0, 0.05) is 13.1 Å². The van der Waals surface area contributed by atoms with Gasteiger partial charge in [-0.3, -0.25) is 9.59 Å². The van der Waals surface area contributed by atoms with Crippen molar-refractivity contribution in [3.8, 4) is 0 Å². The van der Waals surface area contributed by atoms with Gasteiger partial charge in [0.1, 0.15) is 12.1 Å². The predicted octanol–water partition coefficient (Wildman–Crippen LogP) is -1.63. The second-order valence-corrected chi connectivity index (χ2v) is 4.08. The molecule has 3 N–H and O–H groups in total. The Kier molecular flexibility index (Phi) is 3.74. The molecule has 0 spiro atoms. The lowest BCUT2D eigenvalue weighted by Crippen LogP contribution is -2.57. The highest BCUT2D eigenvalue weighted by Crippen LogP contribution is 2.03. The summed E-state index contributed by atoms with van der Waals surface area (Å²) in [5.41, 5.74) is 0. The van der Waals surface area contributed by atoms with E-state index in [1.54, 1.807) is 0 Å². The zero-order valence-corrected chi connectivity index (χ0v) is 9.12. The van der Waals surface area contributed by atoms with Gasteiger partial charge in [0.05, 0.1) is 13.2 Å². The maximum absolute atomic E-state index is 11.8. The third kappa shape index (κ3) is 2.70. The zero-order valence-electron chi connectivity index (χ0n) is 9.12. The smallest absolute Gasteiger partial charge is 0.242 e. The highest BCUT2D eigenvalue weighted by atomic mass is 16.5. The van der Waals surface area contributed by atoms with Crippen LogP contribution in [0.1, 0.15) is 12.8 Å². The molecule has 0 aliphatic carbocycles. The van der Waals surface area contributed by atoms with E-state index < -0.39 is 0 Å². The van der Waals surface area contributed by atoms with E-state index in [1.807, 2.05) is 0 Å². The molecule has 2 amide bonds. The van der Waals surface area contributed by atoms with Gasteiger partial charge in [-0.2, -0.15) is 0 Å². The van der Waals surface area contributed by atoms with Crippen molar-refractivity contribution < 1.29 is 14.3 Å². The molecule has 2 aliphatic rings. The highest BCUT2D eigenvalue weighted by molar-refractivity contribution is 5.90. The van der Waals surface area contributed by atoms with Crippen LogP contribution >= 0.6 is 0 Å². The summed E-state index contributed by atoms with van der Waals surface area (Å²) in [4.78, 5) is 23.2. The fraction of sp³-hybridized carbons (Fsp3) is 0.800. The quantitative estimate of drug-likeness (QED) is 0.529. The van der Waals surface area contributed by atoms with Crippen molar-refractivity contribution in [2.75, 3.05) is 26.3 Å². The molecule has 2 heterocycles. The minimum Gasteiger partial charge on any atom is -0.378 e. The second-order valence-electron chi connectivity index (χ2n) is 4.08. The SMILES string of the molecule is O=C(NC1CCCNC1=O)C1COCCN1. The third-order valence-corrected chi connectivity index (χ3v) is 2.84. The molecule has 16 heavy (non-hydrogen) atoms. The van der Waals surface area contributed by atoms with Crippen LogP contribution in [0.15, 0.2) is 0 Å². The average Bonchev–Trinajstić information content (AvgIpc) is 2.33. The molecule has 2 fully saturated rings. The molecule has 0 bridgehead atoms. The van der Waals surface area contributed by atoms with Crippen LogP contribution in [0.3, 0.4) is 0 Å². The van der Waals surface area contributed by atoms with E-state index in [9.17, 15) is 9.59 Å². The predicted molar refractivity (Wildman–Crippen MR) is 56.8 cm³/mol. The molecule has 0 aromatic heterocycles. The fourth-order valence-electron chi connectivity index (χ4n) is 1.92. The number of amides is 2. The molecule has 0 radical (unpaired) electrons. The van der Waals surface area contributed by atoms with Gasteiger partial charge in [-0.15, -0.1) is 0 Å². The van der Waals surface area contributed by atoms with E-state index >= 15 is 0 Å². The van der Waals surface area contributed by atoms with Crippen molar-refractivity contribution in [1.29, 1.82) is 0 Å². The maximum atomic E-state index is 11.8. The molecule has 0 aromatic carbocycles. The van der Waals surface area contributed by atoms with E-state index in [0.717, 1.165) is 6.42 Å². The van der Waals surface area contributed by atoms with Gasteiger partial charge in [0.25, 0.3) is 0 Å². The number of hydrogen-bond donors (Lipinski definition) is 3. The normalized spacial score (nSPS) is 30.6. The number of morpholine rings is 1. The Bertz CT molecular complexity index is 276. The summed E-state index contributed by atoms with van der Waals surface area (Å²) in [5.74, 6) is -0.238. The first-order valence-corrected chi connectivity index (χ1v) is 5.66. The van der Waals surface area contributed by atoms with Gasteiger partial charge in [0.15, 0.2) is 0 Å². The number of ether oxygens (including phenoxy) is 1. The maximum Gasteiger partial charge on any atom is 0.242 e. The Morgan fingerprint density at radius 3 is 3.00 bits per heavy atom. The van der Waals surface area contributed by atoms with Gasteiger partial charge in [0.2, 0.25) is 11.8 Å². The third-order valence-electron chi connectivity index (χ3n) is 2.84. The van der Waals surface area contributed by atoms with Gasteiger partial charge >= 0.3 is 0 Å². The first-order valence-electron chi connectivity index (χ1n) is 5.66. The number of rotatable bonds is 2. The summed E-state index contributed by atoms with van der Waals surface area (Å²) in [5, 5.41) is 8.53. The monoisotopic (exact) mass is 227 g/mol. The second kappa shape index (κ2) is 5.27. The van der Waals surface area contributed by atoms with Crippen molar-refractivity contribution in [2.24, 2.45) is 0 Å². The summed E-state index contributed by atoms with van der Waals surface area (Å²) in [6, 6.07) is -0.714. The van der Waals surface area contributed by atoms with Crippen molar-refractivity contribution in [3.63, 3.8) is 0 Å². The number of carbonyl (C=O) groups is 2. The van der Waals surface area contributed by atoms with Crippen LogP contribution in [-0.4, -0.2) is 50.2 Å². The minimum absolute atomic E-state index is 0.0867. The minimum atomic E-state index is -0.384. The Balaban J connectivity index is 1.83. The van der Waals surface area contributed by atoms with Gasteiger partial charge in [-0.25, -0.2) is 0 Å². The van der Waals surface area contributed by atoms with Crippen LogP contribution < -0.4 is 16.0 Å². The molecule has 6 nitrogen and oxygen atoms in total. The van der Waals surface area contributed by atoms with Crippen molar-refractivity contribution in [2.45, 2.75) is 24.9 Å². The molecule has 2 unspecified atom stereocenters. The first-order chi connectivity index (χ1) is 7.77. The van der Waals surface area contributed by atoms with Crippen LogP contribution in [0.4, 0.5) is 0 Å². The van der Waals surface area contributed by atoms with E-state index in [0.29, 0.717) is 32.7 Å². The Hall–Kier alpha value is -1.14. The Morgan fingerprint density at radius 2 is 2.31 bits per heavy atom. The van der Waals surface area contributed by atoms with Gasteiger partial charge in [-0.05, 0) is 12.8 Å². The topological polar surface area (TPSA) is 79.5 Å². The lowest BCUT2D eigenvalue weighted by Gasteiger charge is -2.27. The molecule has 2 aliphatic heterocycles. The van der Waals surface area contributed by atoms with Crippen LogP contribution in [0.2, 0.25) is 0 Å². The molecule has 2 saturated heterocycles. The van der Waals surface area contributed by atoms with E-state index in [1.165, 1.54) is 0 Å². The van der Waals surface area contributed by atoms with Crippen LogP contribution in [0, 0.1) is 0 Å². The fourth-order valence-corrected chi connectivity index (χ4v) is 1.92. The van der Waals surface area contributed by atoms with Gasteiger partial charge < -0.3 is 20.7 Å². The molecular weight excluding hydrogens is 210 g/mol. The summed E-state index contributed by atoms with van der Waals surface area (Å²) in [7, 11) is 0. The van der Waals surface area contributed by atoms with Crippen molar-refractivity contribution >= 4 is 11.8 Å². The molecular formula is C10H17N3O3. The van der Waals surface area contributed by atoms with Crippen LogP contribution in [-0.2, 0) is 14.3 Å². The largest absolute Gasteiger partial charge is 0.378 e. The standard InChI is InChI=1S/C10H17N3O3/c14-9-7(2-1-3-12-9)13-10(15)8-6-16-5-4-11-8/h7-8,11H,1-6H2,(H,12,14)(H,13,15). The van der Waals surface area contributed by atoms with Crippen molar-refractivity contribution in [1.82, 2.24) is 16.0 Å². The van der Waals surface area contributed by atoms with E-state index in [-0.39, 0.29) is 23.9 Å². The molecule has 2 atom stereocenters. The molecule has 2 rings (SSSR count). The molecule has 0 aromatic rings. The Labute approximate surface area is 94.1 Å². The first kappa shape index (κ1) is 11.3. The lowest BCUT2D eigenvalue weighted by atomic mass is 10.1. The van der Waals surface area contributed by atoms with E-state index in [4.69, 9.17) is 4.74 Å². The molecule has 0 saturated carbocycles. The van der Waals surface area contributed by atoms with E-state index in [2.05, 4.69) is 16.0 Å². The van der Waals surface area contributed by atoms with Crippen molar-refractivity contribution in [3.05, 3.63) is 0 Å². The Morgan fingerprint density at radius 1 is 1.44 bits per heavy atom. The van der Waals surface area contributed by atoms with Crippen LogP contribution in [0.25, 0.3) is 0 Å². The van der Waals surface area contributed by atoms with Crippen LogP contribution in [0.5, 0.6) is 0 Å².